The van der Waals surface area contributed by atoms with E-state index in [1.165, 1.54) is 38.5 Å². The highest BCUT2D eigenvalue weighted by Gasteiger charge is 2.77. The number of ketones is 1. The van der Waals surface area contributed by atoms with Gasteiger partial charge >= 0.3 is 6.16 Å². The Morgan fingerprint density at radius 1 is 1.13 bits per heavy atom. The number of nitrogens with zero attached hydrogens (tertiary/aromatic N) is 1. The Balaban J connectivity index is 1.07. The lowest BCUT2D eigenvalue weighted by Crippen LogP contribution is -2.76. The first-order chi connectivity index (χ1) is 19.0. The third-order valence-electron chi connectivity index (χ3n) is 10.4. The minimum atomic E-state index is -0.950. The maximum atomic E-state index is 13.2. The van der Waals surface area contributed by atoms with Crippen LogP contribution in [-0.4, -0.2) is 66.2 Å². The van der Waals surface area contributed by atoms with Crippen molar-refractivity contribution in [1.82, 2.24) is 4.90 Å². The Labute approximate surface area is 232 Å². The highest BCUT2D eigenvalue weighted by molar-refractivity contribution is 5.87. The zero-order chi connectivity index (χ0) is 27.0. The van der Waals surface area contributed by atoms with Crippen LogP contribution in [0.1, 0.15) is 90.4 Å². The summed E-state index contributed by atoms with van der Waals surface area (Å²) < 4.78 is 22.7. The predicted octanol–water partition coefficient (Wildman–Crippen LogP) is 5.25. The molecule has 6 aliphatic rings. The van der Waals surface area contributed by atoms with Gasteiger partial charge in [0.15, 0.2) is 17.6 Å². The molecule has 2 saturated heterocycles. The van der Waals surface area contributed by atoms with Crippen molar-refractivity contribution in [3.63, 3.8) is 0 Å². The van der Waals surface area contributed by atoms with Crippen LogP contribution >= 0.6 is 0 Å². The Kier molecular flexibility index (Phi) is 7.70. The van der Waals surface area contributed by atoms with E-state index in [9.17, 15) is 14.7 Å². The number of carbonyl (C=O) groups excluding carboxylic acids is 2. The summed E-state index contributed by atoms with van der Waals surface area (Å²) in [7, 11) is 0. The zero-order valence-corrected chi connectivity index (χ0v) is 23.4. The van der Waals surface area contributed by atoms with Crippen LogP contribution in [0.25, 0.3) is 0 Å². The molecular weight excluding hydrogens is 498 g/mol. The predicted molar refractivity (Wildman–Crippen MR) is 143 cm³/mol. The molecule has 8 heteroatoms. The van der Waals surface area contributed by atoms with Crippen molar-refractivity contribution >= 4 is 11.9 Å². The van der Waals surface area contributed by atoms with Gasteiger partial charge in [0.05, 0.1) is 17.6 Å². The second kappa shape index (κ2) is 11.1. The first-order valence-electron chi connectivity index (χ1n) is 15.5. The van der Waals surface area contributed by atoms with Crippen LogP contribution in [-0.2, 0) is 23.7 Å². The maximum absolute atomic E-state index is 13.2. The van der Waals surface area contributed by atoms with Crippen molar-refractivity contribution < 1.29 is 33.6 Å². The van der Waals surface area contributed by atoms with Gasteiger partial charge in [0.25, 0.3) is 0 Å². The van der Waals surface area contributed by atoms with Crippen molar-refractivity contribution in [2.75, 3.05) is 26.5 Å². The molecule has 0 radical (unpaired) electrons. The largest absolute Gasteiger partial charge is 0.511 e. The molecule has 2 aliphatic heterocycles. The quantitative estimate of drug-likeness (QED) is 0.191. The van der Waals surface area contributed by atoms with Gasteiger partial charge in [-0.3, -0.25) is 9.69 Å². The minimum absolute atomic E-state index is 0.0493. The summed E-state index contributed by atoms with van der Waals surface area (Å²) in [6.07, 6.45) is 15.7. The summed E-state index contributed by atoms with van der Waals surface area (Å²) in [4.78, 5) is 27.8. The molecule has 2 bridgehead atoms. The molecular formula is C31H45NO7. The summed E-state index contributed by atoms with van der Waals surface area (Å²) >= 11 is 0. The molecule has 4 aliphatic carbocycles. The molecule has 216 valence electrons. The molecule has 6 atom stereocenters. The van der Waals surface area contributed by atoms with Crippen molar-refractivity contribution in [3.8, 4) is 0 Å². The number of piperidine rings is 1. The lowest BCUT2D eigenvalue weighted by atomic mass is 9.44. The van der Waals surface area contributed by atoms with E-state index in [1.807, 2.05) is 6.08 Å². The van der Waals surface area contributed by atoms with Gasteiger partial charge in [0.2, 0.25) is 6.79 Å². The van der Waals surface area contributed by atoms with Gasteiger partial charge in [-0.25, -0.2) is 4.79 Å². The number of hydrogen-bond acceptors (Lipinski definition) is 8. The van der Waals surface area contributed by atoms with Crippen LogP contribution in [0.3, 0.4) is 0 Å². The summed E-state index contributed by atoms with van der Waals surface area (Å²) in [5, 5.41) is 12.4. The monoisotopic (exact) mass is 543 g/mol. The topological polar surface area (TPSA) is 94.5 Å². The number of unbranched alkanes of at least 4 members (excludes halogenated alkanes) is 6. The second-order valence-electron chi connectivity index (χ2n) is 12.7. The SMILES string of the molecule is CCCCCCCCCOC(=O)OCOC1=C2O[C@H]3C(=O)CC[C@@]4(O)C5CC(C=C1)C2[C@@]34CCN5CC1CC1. The van der Waals surface area contributed by atoms with E-state index >= 15 is 0 Å². The number of rotatable bonds is 13. The van der Waals surface area contributed by atoms with Gasteiger partial charge in [-0.2, -0.15) is 0 Å². The first-order valence-corrected chi connectivity index (χ1v) is 15.5. The Bertz CT molecular complexity index is 1000. The molecule has 3 unspecified atom stereocenters. The van der Waals surface area contributed by atoms with E-state index < -0.39 is 23.3 Å². The molecule has 6 rings (SSSR count). The smallest absolute Gasteiger partial charge is 0.482 e. The van der Waals surface area contributed by atoms with Gasteiger partial charge in [0.1, 0.15) is 5.76 Å². The van der Waals surface area contributed by atoms with Crippen LogP contribution in [0.5, 0.6) is 0 Å². The lowest BCUT2D eigenvalue weighted by molar-refractivity contribution is -0.244. The summed E-state index contributed by atoms with van der Waals surface area (Å²) in [5.74, 6) is 2.06. The van der Waals surface area contributed by atoms with E-state index in [1.54, 1.807) is 0 Å². The van der Waals surface area contributed by atoms with Gasteiger partial charge in [-0.05, 0) is 63.0 Å². The molecule has 0 aromatic rings. The Morgan fingerprint density at radius 2 is 1.92 bits per heavy atom. The average Bonchev–Trinajstić information content (AvgIpc) is 3.67. The number of aliphatic hydroxyl groups is 1. The maximum Gasteiger partial charge on any atom is 0.511 e. The van der Waals surface area contributed by atoms with Gasteiger partial charge in [-0.1, -0.05) is 51.5 Å². The highest BCUT2D eigenvalue weighted by atomic mass is 16.8. The molecule has 0 aromatic heterocycles. The van der Waals surface area contributed by atoms with Crippen LogP contribution in [0.15, 0.2) is 23.7 Å². The molecule has 0 amide bonds. The Hall–Kier alpha value is -2.06. The molecule has 5 fully saturated rings. The normalized spacial score (nSPS) is 36.4. The molecule has 1 spiro atoms. The fourth-order valence-electron chi connectivity index (χ4n) is 8.37. The van der Waals surface area contributed by atoms with Crippen LogP contribution in [0.4, 0.5) is 4.79 Å². The fourth-order valence-corrected chi connectivity index (χ4v) is 8.37. The van der Waals surface area contributed by atoms with E-state index in [0.29, 0.717) is 31.0 Å². The van der Waals surface area contributed by atoms with Crippen LogP contribution < -0.4 is 0 Å². The molecule has 1 N–H and O–H groups in total. The molecule has 2 heterocycles. The third kappa shape index (κ3) is 4.79. The van der Waals surface area contributed by atoms with Gasteiger partial charge in [0, 0.05) is 24.9 Å². The highest BCUT2D eigenvalue weighted by Crippen LogP contribution is 2.69. The molecule has 8 nitrogen and oxygen atoms in total. The fraction of sp³-hybridized carbons (Fsp3) is 0.806. The number of carbonyl (C=O) groups is 2. The van der Waals surface area contributed by atoms with E-state index in [0.717, 1.165) is 51.1 Å². The van der Waals surface area contributed by atoms with E-state index in [-0.39, 0.29) is 30.5 Å². The van der Waals surface area contributed by atoms with Gasteiger partial charge < -0.3 is 24.1 Å². The lowest BCUT2D eigenvalue weighted by Gasteiger charge is -2.65. The molecule has 39 heavy (non-hydrogen) atoms. The molecule has 3 saturated carbocycles. The van der Waals surface area contributed by atoms with E-state index in [4.69, 9.17) is 18.9 Å². The van der Waals surface area contributed by atoms with E-state index in [2.05, 4.69) is 17.9 Å². The number of ether oxygens (including phenoxy) is 4. The summed E-state index contributed by atoms with van der Waals surface area (Å²) in [5.41, 5.74) is -1.57. The standard InChI is InChI=1S/C31H45NO7/c1-2-3-4-5-6-7-8-17-36-29(34)38-20-37-24-12-11-22-18-25-31(35)14-13-23(33)28-30(31,26(22)27(24)39-28)15-16-32(25)19-21-9-10-21/h11-12,21-22,25-26,28,35H,2-10,13-20H2,1H3/t22?,25?,26?,28-,30-,31+/m0/s1. The Morgan fingerprint density at radius 3 is 2.72 bits per heavy atom. The van der Waals surface area contributed by atoms with Crippen LogP contribution in [0, 0.1) is 23.2 Å². The van der Waals surface area contributed by atoms with Gasteiger partial charge in [-0.15, -0.1) is 0 Å². The van der Waals surface area contributed by atoms with Crippen LogP contribution in [0.2, 0.25) is 0 Å². The average molecular weight is 544 g/mol. The number of Topliss-reactive ketones (excluding diaryl/α,β-unsaturated/α-hetero) is 1. The summed E-state index contributed by atoms with van der Waals surface area (Å²) in [6, 6.07) is 0.0493. The zero-order valence-electron chi connectivity index (χ0n) is 23.4. The second-order valence-corrected chi connectivity index (χ2v) is 12.7. The van der Waals surface area contributed by atoms with Crippen molar-refractivity contribution in [2.24, 2.45) is 23.2 Å². The minimum Gasteiger partial charge on any atom is -0.482 e. The van der Waals surface area contributed by atoms with Crippen molar-refractivity contribution in [3.05, 3.63) is 23.7 Å². The summed E-state index contributed by atoms with van der Waals surface area (Å²) in [6.45, 7) is 4.21. The first kappa shape index (κ1) is 27.1. The number of likely N-dealkylation sites (tertiary alicyclic amines) is 1. The molecule has 0 aromatic carbocycles. The third-order valence-corrected chi connectivity index (χ3v) is 10.4. The van der Waals surface area contributed by atoms with Crippen molar-refractivity contribution in [2.45, 2.75) is 108 Å². The number of allylic oxidation sites excluding steroid dienone is 3. The van der Waals surface area contributed by atoms with Crippen molar-refractivity contribution in [1.29, 1.82) is 0 Å². The number of hydrogen-bond donors (Lipinski definition) is 1.